The van der Waals surface area contributed by atoms with Crippen LogP contribution in [0.3, 0.4) is 0 Å². The molecule has 0 spiro atoms. The second-order valence-electron chi connectivity index (χ2n) is 7.14. The van der Waals surface area contributed by atoms with Crippen LogP contribution in [0.5, 0.6) is 0 Å². The van der Waals surface area contributed by atoms with Crippen LogP contribution in [0.2, 0.25) is 0 Å². The minimum Gasteiger partial charge on any atom is -0.359 e. The van der Waals surface area contributed by atoms with Gasteiger partial charge >= 0.3 is 5.69 Å². The Labute approximate surface area is 128 Å². The van der Waals surface area contributed by atoms with E-state index in [-0.39, 0.29) is 22.9 Å². The maximum atomic E-state index is 11.4. The highest BCUT2D eigenvalue weighted by Crippen LogP contribution is 2.56. The summed E-state index contributed by atoms with van der Waals surface area (Å²) in [6, 6.07) is 0. The number of rotatable bonds is 4. The second-order valence-corrected chi connectivity index (χ2v) is 7.14. The molecule has 8 heteroatoms. The van der Waals surface area contributed by atoms with E-state index < -0.39 is 4.92 Å². The number of hydrogen-bond acceptors (Lipinski definition) is 7. The molecule has 22 heavy (non-hydrogen) atoms. The molecule has 118 valence electrons. The van der Waals surface area contributed by atoms with E-state index in [0.717, 1.165) is 37.0 Å². The number of nitrogens with two attached hydrogens (primary N) is 1. The standard InChI is InChI=1S/C14H20N6O2/c15-19-13-11(20(21)22)12(16-7-17-13)18-14-4-8-1-9(5-14)3-10(2-8)6-14/h7-10H,1-6,15H2,(H2,16,17,18,19). The van der Waals surface area contributed by atoms with Crippen molar-refractivity contribution in [3.05, 3.63) is 16.4 Å². The van der Waals surface area contributed by atoms with Gasteiger partial charge in [0.1, 0.15) is 6.33 Å². The van der Waals surface area contributed by atoms with E-state index in [1.54, 1.807) is 0 Å². The Morgan fingerprint density at radius 3 is 2.18 bits per heavy atom. The Kier molecular flexibility index (Phi) is 2.97. The van der Waals surface area contributed by atoms with Gasteiger partial charge < -0.3 is 10.7 Å². The van der Waals surface area contributed by atoms with Crippen molar-refractivity contribution in [3.8, 4) is 0 Å². The van der Waals surface area contributed by atoms with Crippen LogP contribution in [0.4, 0.5) is 17.3 Å². The first-order valence-electron chi connectivity index (χ1n) is 7.83. The average Bonchev–Trinajstić information content (AvgIpc) is 2.44. The van der Waals surface area contributed by atoms with Gasteiger partial charge in [-0.05, 0) is 56.3 Å². The van der Waals surface area contributed by atoms with Crippen molar-refractivity contribution in [1.29, 1.82) is 0 Å². The van der Waals surface area contributed by atoms with Crippen LogP contribution in [0, 0.1) is 27.9 Å². The molecule has 5 rings (SSSR count). The van der Waals surface area contributed by atoms with Crippen LogP contribution in [-0.4, -0.2) is 20.4 Å². The van der Waals surface area contributed by atoms with E-state index >= 15 is 0 Å². The molecule has 4 saturated carbocycles. The molecule has 4 fully saturated rings. The van der Waals surface area contributed by atoms with Crippen molar-refractivity contribution in [2.24, 2.45) is 23.6 Å². The summed E-state index contributed by atoms with van der Waals surface area (Å²) in [5, 5.41) is 14.8. The summed E-state index contributed by atoms with van der Waals surface area (Å²) in [6.07, 6.45) is 8.54. The van der Waals surface area contributed by atoms with Gasteiger partial charge in [-0.1, -0.05) is 0 Å². The highest BCUT2D eigenvalue weighted by atomic mass is 16.6. The monoisotopic (exact) mass is 304 g/mol. The van der Waals surface area contributed by atoms with Crippen LogP contribution < -0.4 is 16.6 Å². The SMILES string of the molecule is NNc1ncnc(NC23CC4CC(CC(C4)C2)C3)c1[N+](=O)[O-]. The van der Waals surface area contributed by atoms with Crippen LogP contribution in [-0.2, 0) is 0 Å². The summed E-state index contributed by atoms with van der Waals surface area (Å²) < 4.78 is 0. The first-order valence-corrected chi connectivity index (χ1v) is 7.83. The average molecular weight is 304 g/mol. The number of nitrogens with one attached hydrogen (secondary N) is 2. The smallest absolute Gasteiger partial charge is 0.354 e. The van der Waals surface area contributed by atoms with Crippen LogP contribution in [0.15, 0.2) is 6.33 Å². The minimum absolute atomic E-state index is 0.0419. The van der Waals surface area contributed by atoms with E-state index in [9.17, 15) is 10.1 Å². The number of hydrogen-bond donors (Lipinski definition) is 3. The van der Waals surface area contributed by atoms with Crippen LogP contribution >= 0.6 is 0 Å². The molecule has 4 aliphatic carbocycles. The van der Waals surface area contributed by atoms with Crippen molar-refractivity contribution in [1.82, 2.24) is 9.97 Å². The third-order valence-electron chi connectivity index (χ3n) is 5.56. The molecule has 4 bridgehead atoms. The summed E-state index contributed by atoms with van der Waals surface area (Å²) in [7, 11) is 0. The molecule has 0 unspecified atom stereocenters. The third-order valence-corrected chi connectivity index (χ3v) is 5.56. The van der Waals surface area contributed by atoms with E-state index in [2.05, 4.69) is 20.7 Å². The van der Waals surface area contributed by atoms with Gasteiger partial charge in [-0.2, -0.15) is 0 Å². The van der Waals surface area contributed by atoms with Crippen molar-refractivity contribution in [3.63, 3.8) is 0 Å². The Bertz CT molecular complexity index is 584. The highest BCUT2D eigenvalue weighted by Gasteiger charge is 2.51. The van der Waals surface area contributed by atoms with Crippen molar-refractivity contribution in [2.75, 3.05) is 10.7 Å². The largest absolute Gasteiger partial charge is 0.359 e. The number of nitrogens with zero attached hydrogens (tertiary/aromatic N) is 3. The van der Waals surface area contributed by atoms with Crippen LogP contribution in [0.25, 0.3) is 0 Å². The van der Waals surface area contributed by atoms with E-state index in [4.69, 9.17) is 5.84 Å². The molecule has 8 nitrogen and oxygen atoms in total. The van der Waals surface area contributed by atoms with E-state index in [1.807, 2.05) is 0 Å². The van der Waals surface area contributed by atoms with Gasteiger partial charge in [-0.25, -0.2) is 15.8 Å². The van der Waals surface area contributed by atoms with Gasteiger partial charge in [0, 0.05) is 5.54 Å². The second kappa shape index (κ2) is 4.77. The fraction of sp³-hybridized carbons (Fsp3) is 0.714. The molecule has 0 radical (unpaired) electrons. The zero-order valence-corrected chi connectivity index (χ0v) is 12.3. The third kappa shape index (κ3) is 2.09. The Morgan fingerprint density at radius 1 is 1.14 bits per heavy atom. The number of aromatic nitrogens is 2. The molecular weight excluding hydrogens is 284 g/mol. The lowest BCUT2D eigenvalue weighted by Crippen LogP contribution is -2.55. The van der Waals surface area contributed by atoms with Crippen LogP contribution in [0.1, 0.15) is 38.5 Å². The molecule has 0 atom stereocenters. The maximum absolute atomic E-state index is 11.4. The zero-order valence-electron chi connectivity index (χ0n) is 12.3. The number of nitro groups is 1. The van der Waals surface area contributed by atoms with E-state index in [0.29, 0.717) is 0 Å². The molecule has 0 aliphatic heterocycles. The van der Waals surface area contributed by atoms with Gasteiger partial charge in [0.15, 0.2) is 0 Å². The van der Waals surface area contributed by atoms with Gasteiger partial charge in [0.05, 0.1) is 4.92 Å². The van der Waals surface area contributed by atoms with Gasteiger partial charge in [-0.3, -0.25) is 10.1 Å². The highest BCUT2D eigenvalue weighted by molar-refractivity contribution is 5.69. The Hall–Kier alpha value is -1.96. The topological polar surface area (TPSA) is 119 Å². The predicted octanol–water partition coefficient (Wildman–Crippen LogP) is 2.05. The summed E-state index contributed by atoms with van der Waals surface area (Å²) in [5.74, 6) is 7.95. The summed E-state index contributed by atoms with van der Waals surface area (Å²) in [6.45, 7) is 0. The van der Waals surface area contributed by atoms with E-state index in [1.165, 1.54) is 25.6 Å². The molecule has 1 aromatic heterocycles. The zero-order chi connectivity index (χ0) is 15.3. The first-order chi connectivity index (χ1) is 10.6. The Morgan fingerprint density at radius 2 is 1.68 bits per heavy atom. The first kappa shape index (κ1) is 13.7. The lowest BCUT2D eigenvalue weighted by molar-refractivity contribution is -0.383. The van der Waals surface area contributed by atoms with Gasteiger partial charge in [-0.15, -0.1) is 0 Å². The fourth-order valence-electron chi connectivity index (χ4n) is 5.26. The quantitative estimate of drug-likeness (QED) is 0.442. The molecule has 1 heterocycles. The molecule has 0 saturated heterocycles. The predicted molar refractivity (Wildman–Crippen MR) is 81.0 cm³/mol. The number of nitrogen functional groups attached to an aromatic ring is 1. The molecular formula is C14H20N6O2. The minimum atomic E-state index is -0.474. The Balaban J connectivity index is 1.68. The number of anilines is 2. The fourth-order valence-corrected chi connectivity index (χ4v) is 5.26. The summed E-state index contributed by atoms with van der Waals surface area (Å²) in [5.41, 5.74) is 2.08. The van der Waals surface area contributed by atoms with Crippen molar-refractivity contribution < 1.29 is 4.92 Å². The van der Waals surface area contributed by atoms with Gasteiger partial charge in [0.2, 0.25) is 11.6 Å². The molecule has 4 aliphatic rings. The maximum Gasteiger partial charge on any atom is 0.354 e. The molecule has 0 amide bonds. The van der Waals surface area contributed by atoms with Gasteiger partial charge in [0.25, 0.3) is 0 Å². The van der Waals surface area contributed by atoms with Crippen molar-refractivity contribution >= 4 is 17.3 Å². The normalized spacial score (nSPS) is 35.4. The molecule has 4 N–H and O–H groups in total. The number of hydrazine groups is 1. The molecule has 0 aromatic carbocycles. The summed E-state index contributed by atoms with van der Waals surface area (Å²) >= 11 is 0. The lowest BCUT2D eigenvalue weighted by atomic mass is 9.53. The molecule has 1 aromatic rings. The summed E-state index contributed by atoms with van der Waals surface area (Å²) in [4.78, 5) is 18.9. The van der Waals surface area contributed by atoms with Crippen molar-refractivity contribution in [2.45, 2.75) is 44.1 Å². The lowest BCUT2D eigenvalue weighted by Gasteiger charge is -2.57.